The van der Waals surface area contributed by atoms with Crippen LogP contribution in [0.1, 0.15) is 75.8 Å². The molecule has 0 radical (unpaired) electrons. The fourth-order valence-corrected chi connectivity index (χ4v) is 3.04. The first-order chi connectivity index (χ1) is 9.42. The van der Waals surface area contributed by atoms with E-state index in [4.69, 9.17) is 0 Å². The lowest BCUT2D eigenvalue weighted by molar-refractivity contribution is 0.579. The van der Waals surface area contributed by atoms with Crippen molar-refractivity contribution in [1.82, 2.24) is 0 Å². The van der Waals surface area contributed by atoms with Gasteiger partial charge in [-0.05, 0) is 36.0 Å². The quantitative estimate of drug-likeness (QED) is 0.464. The molecule has 0 heteroatoms. The standard InChI is InChI=1S/C19H28/c1-2-3-4-5-6-7-8-9-12-17-15-16-18-13-10-11-14-19(17)18/h10-11,13-15H,2-9,12,16H2,1H3. The number of fused-ring (bicyclic) bond motifs is 1. The highest BCUT2D eigenvalue weighted by Crippen LogP contribution is 2.30. The second-order valence-corrected chi connectivity index (χ2v) is 5.82. The van der Waals surface area contributed by atoms with Crippen molar-refractivity contribution in [3.63, 3.8) is 0 Å². The molecule has 0 fully saturated rings. The first kappa shape index (κ1) is 14.4. The lowest BCUT2D eigenvalue weighted by Gasteiger charge is -2.06. The van der Waals surface area contributed by atoms with Gasteiger partial charge >= 0.3 is 0 Å². The Morgan fingerprint density at radius 3 is 2.32 bits per heavy atom. The van der Waals surface area contributed by atoms with Crippen LogP contribution in [0.2, 0.25) is 0 Å². The molecule has 19 heavy (non-hydrogen) atoms. The van der Waals surface area contributed by atoms with Gasteiger partial charge in [-0.3, -0.25) is 0 Å². The Morgan fingerprint density at radius 2 is 1.53 bits per heavy atom. The summed E-state index contributed by atoms with van der Waals surface area (Å²) in [7, 11) is 0. The lowest BCUT2D eigenvalue weighted by atomic mass is 10.00. The normalized spacial score (nSPS) is 13.4. The van der Waals surface area contributed by atoms with E-state index in [1.165, 1.54) is 68.9 Å². The van der Waals surface area contributed by atoms with Crippen LogP contribution in [0.3, 0.4) is 0 Å². The van der Waals surface area contributed by atoms with Crippen LogP contribution in [-0.2, 0) is 6.42 Å². The largest absolute Gasteiger partial charge is 0.0763 e. The Hall–Kier alpha value is -1.04. The molecule has 1 aromatic rings. The molecule has 0 unspecified atom stereocenters. The maximum absolute atomic E-state index is 2.44. The second kappa shape index (κ2) is 8.19. The van der Waals surface area contributed by atoms with Gasteiger partial charge in [-0.25, -0.2) is 0 Å². The predicted octanol–water partition coefficient (Wildman–Crippen LogP) is 6.16. The third kappa shape index (κ3) is 4.53. The molecule has 0 atom stereocenters. The van der Waals surface area contributed by atoms with Gasteiger partial charge in [-0.15, -0.1) is 0 Å². The lowest BCUT2D eigenvalue weighted by Crippen LogP contribution is -1.85. The highest BCUT2D eigenvalue weighted by Gasteiger charge is 2.11. The molecule has 0 nitrogen and oxygen atoms in total. The van der Waals surface area contributed by atoms with Crippen LogP contribution < -0.4 is 0 Å². The molecule has 104 valence electrons. The van der Waals surface area contributed by atoms with Crippen LogP contribution in [0.5, 0.6) is 0 Å². The van der Waals surface area contributed by atoms with E-state index < -0.39 is 0 Å². The molecule has 0 heterocycles. The van der Waals surface area contributed by atoms with Crippen molar-refractivity contribution < 1.29 is 0 Å². The zero-order valence-electron chi connectivity index (χ0n) is 12.5. The average Bonchev–Trinajstić information content (AvgIpc) is 2.85. The zero-order valence-corrected chi connectivity index (χ0v) is 12.5. The number of hydrogen-bond acceptors (Lipinski definition) is 0. The van der Waals surface area contributed by atoms with E-state index in [9.17, 15) is 0 Å². The van der Waals surface area contributed by atoms with Crippen molar-refractivity contribution in [3.05, 3.63) is 41.5 Å². The molecule has 0 saturated heterocycles. The summed E-state index contributed by atoms with van der Waals surface area (Å²) in [5.74, 6) is 0. The van der Waals surface area contributed by atoms with Crippen LogP contribution in [-0.4, -0.2) is 0 Å². The highest BCUT2D eigenvalue weighted by molar-refractivity contribution is 5.72. The fourth-order valence-electron chi connectivity index (χ4n) is 3.04. The van der Waals surface area contributed by atoms with Gasteiger partial charge in [0.15, 0.2) is 0 Å². The van der Waals surface area contributed by atoms with Gasteiger partial charge in [-0.2, -0.15) is 0 Å². The second-order valence-electron chi connectivity index (χ2n) is 5.82. The number of hydrogen-bond donors (Lipinski definition) is 0. The van der Waals surface area contributed by atoms with E-state index in [-0.39, 0.29) is 0 Å². The summed E-state index contributed by atoms with van der Waals surface area (Å²) in [5, 5.41) is 0. The topological polar surface area (TPSA) is 0 Å². The molecule has 0 N–H and O–H groups in total. The van der Waals surface area contributed by atoms with Crippen LogP contribution in [0, 0.1) is 0 Å². The minimum absolute atomic E-state index is 1.16. The van der Waals surface area contributed by atoms with Gasteiger partial charge in [0.1, 0.15) is 0 Å². The maximum Gasteiger partial charge on any atom is -0.00854 e. The summed E-state index contributed by atoms with van der Waals surface area (Å²) in [5.41, 5.74) is 4.64. The van der Waals surface area contributed by atoms with Crippen molar-refractivity contribution in [1.29, 1.82) is 0 Å². The van der Waals surface area contributed by atoms with E-state index in [1.54, 1.807) is 5.57 Å². The van der Waals surface area contributed by atoms with E-state index in [0.717, 1.165) is 6.42 Å². The Labute approximate surface area is 118 Å². The first-order valence-corrected chi connectivity index (χ1v) is 8.19. The molecule has 0 aromatic heterocycles. The van der Waals surface area contributed by atoms with E-state index in [1.807, 2.05) is 0 Å². The van der Waals surface area contributed by atoms with Crippen LogP contribution in [0.15, 0.2) is 30.3 Å². The van der Waals surface area contributed by atoms with Crippen molar-refractivity contribution in [3.8, 4) is 0 Å². The fraction of sp³-hybridized carbons (Fsp3) is 0.579. The summed E-state index contributed by atoms with van der Waals surface area (Å²) in [6.45, 7) is 2.28. The summed E-state index contributed by atoms with van der Waals surface area (Å²) in [6.07, 6.45) is 16.2. The number of unbranched alkanes of at least 4 members (excludes halogenated alkanes) is 7. The van der Waals surface area contributed by atoms with E-state index in [0.29, 0.717) is 0 Å². The minimum Gasteiger partial charge on any atom is -0.0763 e. The van der Waals surface area contributed by atoms with Crippen molar-refractivity contribution in [2.24, 2.45) is 0 Å². The molecular formula is C19H28. The van der Waals surface area contributed by atoms with Gasteiger partial charge in [0.05, 0.1) is 0 Å². The summed E-state index contributed by atoms with van der Waals surface area (Å²) in [4.78, 5) is 0. The van der Waals surface area contributed by atoms with Gasteiger partial charge in [-0.1, -0.05) is 82.2 Å². The van der Waals surface area contributed by atoms with Crippen LogP contribution in [0.4, 0.5) is 0 Å². The molecule has 0 bridgehead atoms. The molecule has 0 amide bonds. The number of benzene rings is 1. The Balaban J connectivity index is 1.58. The van der Waals surface area contributed by atoms with Crippen molar-refractivity contribution in [2.45, 2.75) is 71.1 Å². The third-order valence-electron chi connectivity index (χ3n) is 4.23. The Kier molecular flexibility index (Phi) is 6.20. The number of rotatable bonds is 9. The van der Waals surface area contributed by atoms with Crippen molar-refractivity contribution in [2.75, 3.05) is 0 Å². The van der Waals surface area contributed by atoms with Crippen LogP contribution in [0.25, 0.3) is 5.57 Å². The van der Waals surface area contributed by atoms with Gasteiger partial charge in [0.25, 0.3) is 0 Å². The van der Waals surface area contributed by atoms with Crippen LogP contribution >= 0.6 is 0 Å². The molecule has 2 rings (SSSR count). The van der Waals surface area contributed by atoms with Crippen molar-refractivity contribution >= 4 is 5.57 Å². The predicted molar refractivity (Wildman–Crippen MR) is 85.4 cm³/mol. The first-order valence-electron chi connectivity index (χ1n) is 8.19. The molecule has 0 saturated carbocycles. The Morgan fingerprint density at radius 1 is 0.842 bits per heavy atom. The minimum atomic E-state index is 1.16. The van der Waals surface area contributed by atoms with E-state index >= 15 is 0 Å². The van der Waals surface area contributed by atoms with E-state index in [2.05, 4.69) is 37.3 Å². The maximum atomic E-state index is 2.44. The van der Waals surface area contributed by atoms with Gasteiger partial charge in [0.2, 0.25) is 0 Å². The summed E-state index contributed by atoms with van der Waals surface area (Å²) in [6, 6.07) is 8.89. The zero-order chi connectivity index (χ0) is 13.3. The average molecular weight is 256 g/mol. The molecule has 1 aromatic carbocycles. The Bertz CT molecular complexity index is 400. The number of allylic oxidation sites excluding steroid dienone is 2. The SMILES string of the molecule is CCCCCCCCCCC1=CCc2ccccc21. The smallest absolute Gasteiger partial charge is 0.00854 e. The summed E-state index contributed by atoms with van der Waals surface area (Å²) >= 11 is 0. The molecular weight excluding hydrogens is 228 g/mol. The molecule has 0 spiro atoms. The molecule has 1 aliphatic carbocycles. The van der Waals surface area contributed by atoms with Gasteiger partial charge < -0.3 is 0 Å². The third-order valence-corrected chi connectivity index (χ3v) is 4.23. The monoisotopic (exact) mass is 256 g/mol. The van der Waals surface area contributed by atoms with Gasteiger partial charge in [0, 0.05) is 0 Å². The molecule has 0 aliphatic heterocycles. The molecule has 1 aliphatic rings. The highest BCUT2D eigenvalue weighted by atomic mass is 14.2. The summed E-state index contributed by atoms with van der Waals surface area (Å²) < 4.78 is 0.